The quantitative estimate of drug-likeness (QED) is 0.539. The van der Waals surface area contributed by atoms with Crippen molar-refractivity contribution in [2.24, 2.45) is 5.41 Å². The number of hydrogen-bond donors (Lipinski definition) is 3. The van der Waals surface area contributed by atoms with Crippen LogP contribution in [-0.4, -0.2) is 35.5 Å². The van der Waals surface area contributed by atoms with Crippen LogP contribution in [0.2, 0.25) is 0 Å². The third-order valence-corrected chi connectivity index (χ3v) is 3.01. The van der Waals surface area contributed by atoms with E-state index in [0.717, 1.165) is 18.2 Å². The average Bonchev–Trinajstić information content (AvgIpc) is 2.43. The van der Waals surface area contributed by atoms with Crippen molar-refractivity contribution in [3.63, 3.8) is 0 Å². The lowest BCUT2D eigenvalue weighted by Crippen LogP contribution is -2.39. The Morgan fingerprint density at radius 2 is 2.00 bits per heavy atom. The molecule has 3 N–H and O–H groups in total. The monoisotopic (exact) mass is 295 g/mol. The maximum Gasteiger partial charge on any atom is 0.337 e. The molecule has 114 valence electrons. The summed E-state index contributed by atoms with van der Waals surface area (Å²) in [6.45, 7) is 3.49. The lowest BCUT2D eigenvalue weighted by atomic mass is 9.92. The highest BCUT2D eigenvalue weighted by atomic mass is 16.6. The Kier molecular flexibility index (Phi) is 4.85. The van der Waals surface area contributed by atoms with Gasteiger partial charge in [0, 0.05) is 25.7 Å². The van der Waals surface area contributed by atoms with Gasteiger partial charge >= 0.3 is 5.97 Å². The molecule has 0 fully saturated rings. The van der Waals surface area contributed by atoms with Crippen LogP contribution < -0.4 is 10.6 Å². The van der Waals surface area contributed by atoms with Gasteiger partial charge in [0.25, 0.3) is 5.69 Å². The number of non-ortho nitro benzene ring substituents is 1. The molecule has 0 aromatic heterocycles. The van der Waals surface area contributed by atoms with Gasteiger partial charge in [0.1, 0.15) is 0 Å². The number of rotatable bonds is 6. The summed E-state index contributed by atoms with van der Waals surface area (Å²) in [5.74, 6) is -1.43. The van der Waals surface area contributed by atoms with Crippen LogP contribution in [0.4, 0.5) is 11.4 Å². The highest BCUT2D eigenvalue weighted by Crippen LogP contribution is 2.24. The number of nitrogens with one attached hydrogen (secondary N) is 2. The Bertz CT molecular complexity index is 583. The second kappa shape index (κ2) is 6.21. The standard InChI is InChI=1S/C13H17N3O5/c1-13(2,12(19)14-3)7-15-10-6-8(16(20)21)4-5-9(10)11(17)18/h4-6,15H,7H2,1-3H3,(H,14,19)(H,17,18). The summed E-state index contributed by atoms with van der Waals surface area (Å²) in [4.78, 5) is 32.9. The highest BCUT2D eigenvalue weighted by molar-refractivity contribution is 5.95. The molecule has 0 aliphatic heterocycles. The molecule has 0 aliphatic carbocycles. The van der Waals surface area contributed by atoms with Gasteiger partial charge in [-0.25, -0.2) is 4.79 Å². The minimum atomic E-state index is -1.20. The third kappa shape index (κ3) is 3.91. The van der Waals surface area contributed by atoms with Gasteiger partial charge in [0.15, 0.2) is 0 Å². The minimum absolute atomic E-state index is 0.0895. The molecule has 0 unspecified atom stereocenters. The topological polar surface area (TPSA) is 122 Å². The number of hydrogen-bond acceptors (Lipinski definition) is 5. The highest BCUT2D eigenvalue weighted by Gasteiger charge is 2.27. The van der Waals surface area contributed by atoms with Crippen LogP contribution >= 0.6 is 0 Å². The summed E-state index contributed by atoms with van der Waals surface area (Å²) in [7, 11) is 1.50. The fourth-order valence-corrected chi connectivity index (χ4v) is 1.71. The van der Waals surface area contributed by atoms with Crippen LogP contribution in [0.5, 0.6) is 0 Å². The molecule has 1 rings (SSSR count). The van der Waals surface area contributed by atoms with E-state index in [-0.39, 0.29) is 29.4 Å². The lowest BCUT2D eigenvalue weighted by Gasteiger charge is -2.23. The van der Waals surface area contributed by atoms with Gasteiger partial charge in [0.2, 0.25) is 5.91 Å². The fourth-order valence-electron chi connectivity index (χ4n) is 1.71. The Hall–Kier alpha value is -2.64. The number of carbonyl (C=O) groups excluding carboxylic acids is 1. The first-order chi connectivity index (χ1) is 9.69. The first-order valence-corrected chi connectivity index (χ1v) is 6.17. The molecule has 1 aromatic carbocycles. The van der Waals surface area contributed by atoms with E-state index in [1.807, 2.05) is 0 Å². The largest absolute Gasteiger partial charge is 0.478 e. The van der Waals surface area contributed by atoms with Crippen molar-refractivity contribution in [2.45, 2.75) is 13.8 Å². The van der Waals surface area contributed by atoms with Crippen LogP contribution in [0, 0.1) is 15.5 Å². The molecule has 0 radical (unpaired) electrons. The second-order valence-electron chi connectivity index (χ2n) is 5.11. The zero-order chi connectivity index (χ0) is 16.2. The van der Waals surface area contributed by atoms with Gasteiger partial charge in [-0.2, -0.15) is 0 Å². The molecule has 0 spiro atoms. The number of nitro benzene ring substituents is 1. The van der Waals surface area contributed by atoms with Crippen LogP contribution in [0.15, 0.2) is 18.2 Å². The summed E-state index contributed by atoms with van der Waals surface area (Å²) in [6.07, 6.45) is 0. The molecule has 1 aromatic rings. The van der Waals surface area contributed by atoms with E-state index < -0.39 is 16.3 Å². The predicted molar refractivity (Wildman–Crippen MR) is 76.4 cm³/mol. The number of amides is 1. The van der Waals surface area contributed by atoms with Gasteiger partial charge in [0.05, 0.1) is 21.6 Å². The summed E-state index contributed by atoms with van der Waals surface area (Å²) in [6, 6.07) is 3.43. The number of anilines is 1. The smallest absolute Gasteiger partial charge is 0.337 e. The fraction of sp³-hybridized carbons (Fsp3) is 0.385. The zero-order valence-electron chi connectivity index (χ0n) is 12.0. The van der Waals surface area contributed by atoms with E-state index >= 15 is 0 Å². The number of aromatic carboxylic acids is 1. The summed E-state index contributed by atoms with van der Waals surface area (Å²) >= 11 is 0. The van der Waals surface area contributed by atoms with Crippen LogP contribution in [0.1, 0.15) is 24.2 Å². The summed E-state index contributed by atoms with van der Waals surface area (Å²) in [5, 5.41) is 25.2. The maximum atomic E-state index is 11.7. The zero-order valence-corrected chi connectivity index (χ0v) is 12.0. The molecule has 8 nitrogen and oxygen atoms in total. The number of nitro groups is 1. The molecule has 0 bridgehead atoms. The summed E-state index contributed by atoms with van der Waals surface area (Å²) in [5.41, 5.74) is -1.00. The van der Waals surface area contributed by atoms with E-state index in [1.165, 1.54) is 7.05 Å². The molecule has 0 atom stereocenters. The Morgan fingerprint density at radius 3 is 2.48 bits per heavy atom. The number of carboxylic acids is 1. The van der Waals surface area contributed by atoms with Gasteiger partial charge in [-0.3, -0.25) is 14.9 Å². The normalized spacial score (nSPS) is 10.8. The molecule has 0 aliphatic rings. The summed E-state index contributed by atoms with van der Waals surface area (Å²) < 4.78 is 0. The molecule has 0 saturated heterocycles. The van der Waals surface area contributed by atoms with Crippen LogP contribution in [-0.2, 0) is 4.79 Å². The van der Waals surface area contributed by atoms with Crippen molar-refractivity contribution < 1.29 is 19.6 Å². The van der Waals surface area contributed by atoms with Crippen molar-refractivity contribution in [2.75, 3.05) is 18.9 Å². The Morgan fingerprint density at radius 1 is 1.38 bits per heavy atom. The van der Waals surface area contributed by atoms with E-state index in [4.69, 9.17) is 5.11 Å². The van der Waals surface area contributed by atoms with E-state index in [1.54, 1.807) is 13.8 Å². The van der Waals surface area contributed by atoms with E-state index in [0.29, 0.717) is 0 Å². The number of benzene rings is 1. The van der Waals surface area contributed by atoms with E-state index in [2.05, 4.69) is 10.6 Å². The lowest BCUT2D eigenvalue weighted by molar-refractivity contribution is -0.384. The Balaban J connectivity index is 3.05. The molecule has 21 heavy (non-hydrogen) atoms. The number of carboxylic acid groups (broad SMARTS) is 1. The van der Waals surface area contributed by atoms with Crippen LogP contribution in [0.25, 0.3) is 0 Å². The SMILES string of the molecule is CNC(=O)C(C)(C)CNc1cc([N+](=O)[O-])ccc1C(=O)O. The van der Waals surface area contributed by atoms with Gasteiger partial charge in [-0.05, 0) is 19.9 Å². The second-order valence-corrected chi connectivity index (χ2v) is 5.11. The molecular weight excluding hydrogens is 278 g/mol. The van der Waals surface area contributed by atoms with Gasteiger partial charge < -0.3 is 15.7 Å². The van der Waals surface area contributed by atoms with Crippen molar-refractivity contribution in [1.29, 1.82) is 0 Å². The average molecular weight is 295 g/mol. The van der Waals surface area contributed by atoms with Crippen LogP contribution in [0.3, 0.4) is 0 Å². The number of carbonyl (C=O) groups is 2. The molecule has 0 saturated carbocycles. The van der Waals surface area contributed by atoms with Crippen molar-refractivity contribution >= 4 is 23.3 Å². The molecular formula is C13H17N3O5. The Labute approximate surface area is 121 Å². The maximum absolute atomic E-state index is 11.7. The van der Waals surface area contributed by atoms with Crippen molar-refractivity contribution in [1.82, 2.24) is 5.32 Å². The van der Waals surface area contributed by atoms with Crippen molar-refractivity contribution in [3.8, 4) is 0 Å². The molecule has 1 amide bonds. The first-order valence-electron chi connectivity index (χ1n) is 6.17. The minimum Gasteiger partial charge on any atom is -0.478 e. The predicted octanol–water partition coefficient (Wildman–Crippen LogP) is 1.48. The third-order valence-electron chi connectivity index (χ3n) is 3.01. The van der Waals surface area contributed by atoms with Gasteiger partial charge in [-0.15, -0.1) is 0 Å². The van der Waals surface area contributed by atoms with Crippen molar-refractivity contribution in [3.05, 3.63) is 33.9 Å². The molecule has 8 heteroatoms. The number of nitrogens with zero attached hydrogens (tertiary/aromatic N) is 1. The van der Waals surface area contributed by atoms with Gasteiger partial charge in [-0.1, -0.05) is 0 Å². The molecule has 0 heterocycles. The van der Waals surface area contributed by atoms with E-state index in [9.17, 15) is 19.7 Å². The first kappa shape index (κ1) is 16.4.